The molecule has 1 fully saturated rings. The third-order valence-electron chi connectivity index (χ3n) is 5.12. The fourth-order valence-electron chi connectivity index (χ4n) is 3.45. The van der Waals surface area contributed by atoms with Crippen LogP contribution in [0.15, 0.2) is 42.5 Å². The molecule has 1 amide bonds. The predicted molar refractivity (Wildman–Crippen MR) is 110 cm³/mol. The molecule has 5 heteroatoms. The van der Waals surface area contributed by atoms with Crippen molar-refractivity contribution in [2.75, 3.05) is 51.3 Å². The van der Waals surface area contributed by atoms with E-state index in [2.05, 4.69) is 46.3 Å². The van der Waals surface area contributed by atoms with Gasteiger partial charge in [-0.25, -0.2) is 0 Å². The number of rotatable bonds is 6. The summed E-state index contributed by atoms with van der Waals surface area (Å²) < 4.78 is 5.30. The van der Waals surface area contributed by atoms with Crippen molar-refractivity contribution in [2.45, 2.75) is 13.8 Å². The van der Waals surface area contributed by atoms with Gasteiger partial charge in [0.25, 0.3) is 5.91 Å². The molecular formula is C22H29N3O2. The first kappa shape index (κ1) is 19.2. The Morgan fingerprint density at radius 1 is 1.07 bits per heavy atom. The molecule has 0 spiro atoms. The molecule has 1 heterocycles. The topological polar surface area (TPSA) is 44.8 Å². The Kier molecular flexibility index (Phi) is 6.35. The summed E-state index contributed by atoms with van der Waals surface area (Å²) in [7, 11) is 1.63. The van der Waals surface area contributed by atoms with Crippen molar-refractivity contribution in [3.05, 3.63) is 59.2 Å². The number of hydrogen-bond donors (Lipinski definition) is 1. The van der Waals surface area contributed by atoms with E-state index in [-0.39, 0.29) is 5.91 Å². The molecule has 1 N–H and O–H groups in total. The monoisotopic (exact) mass is 367 g/mol. The summed E-state index contributed by atoms with van der Waals surface area (Å²) in [6.45, 7) is 9.70. The number of aryl methyl sites for hydroxylation is 2. The molecule has 0 unspecified atom stereocenters. The number of piperazine rings is 1. The van der Waals surface area contributed by atoms with Crippen LogP contribution in [0.25, 0.3) is 0 Å². The first-order valence-electron chi connectivity index (χ1n) is 9.53. The highest BCUT2D eigenvalue weighted by Gasteiger charge is 2.17. The largest absolute Gasteiger partial charge is 0.496 e. The lowest BCUT2D eigenvalue weighted by atomic mass is 10.1. The van der Waals surface area contributed by atoms with Crippen LogP contribution in [0, 0.1) is 13.8 Å². The number of anilines is 1. The zero-order chi connectivity index (χ0) is 19.2. The van der Waals surface area contributed by atoms with E-state index in [0.717, 1.165) is 44.0 Å². The van der Waals surface area contributed by atoms with Gasteiger partial charge in [0.15, 0.2) is 0 Å². The third kappa shape index (κ3) is 5.01. The molecule has 2 aromatic carbocycles. The maximum absolute atomic E-state index is 12.3. The van der Waals surface area contributed by atoms with E-state index < -0.39 is 0 Å². The molecule has 3 rings (SSSR count). The van der Waals surface area contributed by atoms with Crippen LogP contribution >= 0.6 is 0 Å². The maximum Gasteiger partial charge on any atom is 0.251 e. The summed E-state index contributed by atoms with van der Waals surface area (Å²) >= 11 is 0. The summed E-state index contributed by atoms with van der Waals surface area (Å²) in [5, 5.41) is 3.02. The molecule has 5 nitrogen and oxygen atoms in total. The van der Waals surface area contributed by atoms with Gasteiger partial charge in [-0.1, -0.05) is 18.2 Å². The molecular weight excluding hydrogens is 338 g/mol. The van der Waals surface area contributed by atoms with Crippen LogP contribution in [-0.4, -0.2) is 57.2 Å². The van der Waals surface area contributed by atoms with Crippen molar-refractivity contribution in [1.29, 1.82) is 0 Å². The fourth-order valence-corrected chi connectivity index (χ4v) is 3.45. The molecule has 0 aromatic heterocycles. The van der Waals surface area contributed by atoms with E-state index in [4.69, 9.17) is 4.74 Å². The highest BCUT2D eigenvalue weighted by molar-refractivity contribution is 5.94. The van der Waals surface area contributed by atoms with E-state index in [9.17, 15) is 4.79 Å². The lowest BCUT2D eigenvalue weighted by molar-refractivity contribution is 0.0947. The van der Waals surface area contributed by atoms with Crippen LogP contribution < -0.4 is 15.0 Å². The van der Waals surface area contributed by atoms with Gasteiger partial charge in [0.05, 0.1) is 7.11 Å². The van der Waals surface area contributed by atoms with Gasteiger partial charge in [0.1, 0.15) is 5.75 Å². The van der Waals surface area contributed by atoms with Crippen LogP contribution in [0.5, 0.6) is 5.75 Å². The third-order valence-corrected chi connectivity index (χ3v) is 5.12. The number of methoxy groups -OCH3 is 1. The number of benzene rings is 2. The molecule has 144 valence electrons. The molecule has 2 aromatic rings. The van der Waals surface area contributed by atoms with Crippen LogP contribution in [0.4, 0.5) is 5.69 Å². The van der Waals surface area contributed by atoms with E-state index >= 15 is 0 Å². The minimum atomic E-state index is -0.0494. The molecule has 27 heavy (non-hydrogen) atoms. The van der Waals surface area contributed by atoms with Crippen LogP contribution in [0.1, 0.15) is 21.5 Å². The Balaban J connectivity index is 1.43. The minimum Gasteiger partial charge on any atom is -0.496 e. The Bertz CT molecular complexity index is 783. The first-order valence-corrected chi connectivity index (χ1v) is 9.53. The van der Waals surface area contributed by atoms with Crippen molar-refractivity contribution < 1.29 is 9.53 Å². The maximum atomic E-state index is 12.3. The van der Waals surface area contributed by atoms with Crippen molar-refractivity contribution >= 4 is 11.6 Å². The smallest absolute Gasteiger partial charge is 0.251 e. The van der Waals surface area contributed by atoms with Crippen molar-refractivity contribution in [2.24, 2.45) is 0 Å². The Morgan fingerprint density at radius 3 is 2.56 bits per heavy atom. The number of ether oxygens (including phenoxy) is 1. The molecule has 1 aliphatic heterocycles. The zero-order valence-corrected chi connectivity index (χ0v) is 16.5. The molecule has 0 atom stereocenters. The van der Waals surface area contributed by atoms with E-state index in [1.165, 1.54) is 11.3 Å². The summed E-state index contributed by atoms with van der Waals surface area (Å²) in [5.41, 5.74) is 4.27. The highest BCUT2D eigenvalue weighted by Crippen LogP contribution is 2.19. The zero-order valence-electron chi connectivity index (χ0n) is 16.5. The van der Waals surface area contributed by atoms with Crippen molar-refractivity contribution in [3.63, 3.8) is 0 Å². The van der Waals surface area contributed by atoms with Crippen molar-refractivity contribution in [1.82, 2.24) is 10.2 Å². The van der Waals surface area contributed by atoms with Gasteiger partial charge in [-0.05, 0) is 49.2 Å². The van der Waals surface area contributed by atoms with Gasteiger partial charge >= 0.3 is 0 Å². The average molecular weight is 367 g/mol. The summed E-state index contributed by atoms with van der Waals surface area (Å²) in [4.78, 5) is 17.2. The molecule has 1 aliphatic rings. The van der Waals surface area contributed by atoms with Gasteiger partial charge in [-0.3, -0.25) is 9.69 Å². The normalized spacial score (nSPS) is 14.9. The Morgan fingerprint density at radius 2 is 1.85 bits per heavy atom. The van der Waals surface area contributed by atoms with Gasteiger partial charge in [0.2, 0.25) is 0 Å². The van der Waals surface area contributed by atoms with Gasteiger partial charge in [-0.2, -0.15) is 0 Å². The lowest BCUT2D eigenvalue weighted by Gasteiger charge is -2.36. The first-order chi connectivity index (χ1) is 13.1. The predicted octanol–water partition coefficient (Wildman–Crippen LogP) is 2.86. The summed E-state index contributed by atoms with van der Waals surface area (Å²) in [6, 6.07) is 14.2. The molecule has 0 radical (unpaired) electrons. The standard InChI is InChI=1S/C22H29N3O2/c1-17-5-4-6-20(15-17)25-13-11-24(12-14-25)10-9-23-22(26)19-8-7-18(2)21(16-19)27-3/h4-8,15-16H,9-14H2,1-3H3,(H,23,26). The van der Waals surface area contributed by atoms with Crippen LogP contribution in [0.2, 0.25) is 0 Å². The van der Waals surface area contributed by atoms with E-state index in [1.54, 1.807) is 13.2 Å². The summed E-state index contributed by atoms with van der Waals surface area (Å²) in [6.07, 6.45) is 0. The second-order valence-corrected chi connectivity index (χ2v) is 7.11. The van der Waals surface area contributed by atoms with Gasteiger partial charge < -0.3 is 15.0 Å². The lowest BCUT2D eigenvalue weighted by Crippen LogP contribution is -2.48. The number of nitrogens with one attached hydrogen (secondary N) is 1. The van der Waals surface area contributed by atoms with Crippen molar-refractivity contribution in [3.8, 4) is 5.75 Å². The number of carbonyl (C=O) groups is 1. The Hall–Kier alpha value is -2.53. The SMILES string of the molecule is COc1cc(C(=O)NCCN2CCN(c3cccc(C)c3)CC2)ccc1C. The number of carbonyl (C=O) groups excluding carboxylic acids is 1. The quantitative estimate of drug-likeness (QED) is 0.853. The second kappa shape index (κ2) is 8.91. The molecule has 0 aliphatic carbocycles. The number of hydrogen-bond acceptors (Lipinski definition) is 4. The second-order valence-electron chi connectivity index (χ2n) is 7.11. The van der Waals surface area contributed by atoms with Gasteiger partial charge in [-0.15, -0.1) is 0 Å². The minimum absolute atomic E-state index is 0.0494. The molecule has 0 saturated carbocycles. The number of amides is 1. The highest BCUT2D eigenvalue weighted by atomic mass is 16.5. The molecule has 0 bridgehead atoms. The average Bonchev–Trinajstić information content (AvgIpc) is 2.69. The molecule has 1 saturated heterocycles. The Labute approximate surface area is 161 Å². The van der Waals surface area contributed by atoms with E-state index in [1.807, 2.05) is 19.1 Å². The van der Waals surface area contributed by atoms with E-state index in [0.29, 0.717) is 12.1 Å². The van der Waals surface area contributed by atoms with Crippen LogP contribution in [0.3, 0.4) is 0 Å². The number of nitrogens with zero attached hydrogens (tertiary/aromatic N) is 2. The fraction of sp³-hybridized carbons (Fsp3) is 0.409. The summed E-state index contributed by atoms with van der Waals surface area (Å²) in [5.74, 6) is 0.696. The van der Waals surface area contributed by atoms with Gasteiger partial charge in [0, 0.05) is 50.5 Å². The van der Waals surface area contributed by atoms with Crippen LogP contribution in [-0.2, 0) is 0 Å².